The number of hydrogen-bond acceptors (Lipinski definition) is 6. The number of ether oxygens (including phenoxy) is 2. The fourth-order valence-electron chi connectivity index (χ4n) is 1.62. The lowest BCUT2D eigenvalue weighted by molar-refractivity contribution is 0.0969. The molecule has 0 fully saturated rings. The summed E-state index contributed by atoms with van der Waals surface area (Å²) in [6, 6.07) is 5.18. The van der Waals surface area contributed by atoms with Crippen molar-refractivity contribution in [1.82, 2.24) is 10.3 Å². The van der Waals surface area contributed by atoms with Crippen molar-refractivity contribution in [2.24, 2.45) is 0 Å². The molecule has 1 aromatic carbocycles. The van der Waals surface area contributed by atoms with Gasteiger partial charge in [0, 0.05) is 23.2 Å². The van der Waals surface area contributed by atoms with Gasteiger partial charge in [-0.2, -0.15) is 0 Å². The molecule has 9 heteroatoms. The van der Waals surface area contributed by atoms with Crippen molar-refractivity contribution in [3.8, 4) is 5.75 Å². The fourth-order valence-corrected chi connectivity index (χ4v) is 2.77. The van der Waals surface area contributed by atoms with Crippen molar-refractivity contribution in [3.63, 3.8) is 0 Å². The highest BCUT2D eigenvalue weighted by Gasteiger charge is 2.15. The van der Waals surface area contributed by atoms with Crippen LogP contribution in [0, 0.1) is 0 Å². The molecule has 0 saturated heterocycles. The first-order valence-electron chi connectivity index (χ1n) is 6.53. The summed E-state index contributed by atoms with van der Waals surface area (Å²) < 4.78 is 11.3. The van der Waals surface area contributed by atoms with E-state index in [2.05, 4.69) is 31.5 Å². The molecule has 0 aliphatic heterocycles. The van der Waals surface area contributed by atoms with E-state index in [0.717, 1.165) is 4.47 Å². The number of halogens is 1. The number of thiocarbonyl (C=S) groups is 1. The molecular weight excluding hydrogens is 402 g/mol. The van der Waals surface area contributed by atoms with Gasteiger partial charge < -0.3 is 14.8 Å². The Balaban J connectivity index is 2.04. The van der Waals surface area contributed by atoms with Crippen LogP contribution in [-0.4, -0.2) is 36.3 Å². The third-order valence-corrected chi connectivity index (χ3v) is 4.00. The van der Waals surface area contributed by atoms with Gasteiger partial charge >= 0.3 is 0 Å². The molecule has 1 heterocycles. The Kier molecular flexibility index (Phi) is 6.90. The molecule has 6 nitrogen and oxygen atoms in total. The lowest BCUT2D eigenvalue weighted by Gasteiger charge is -2.12. The average molecular weight is 416 g/mol. The van der Waals surface area contributed by atoms with Gasteiger partial charge in [-0.1, -0.05) is 15.9 Å². The number of benzene rings is 1. The van der Waals surface area contributed by atoms with Crippen molar-refractivity contribution in [2.75, 3.05) is 25.6 Å². The fraction of sp³-hybridized carbons (Fsp3) is 0.214. The molecule has 0 bridgehead atoms. The summed E-state index contributed by atoms with van der Waals surface area (Å²) in [7, 11) is 1.58. The van der Waals surface area contributed by atoms with Gasteiger partial charge in [-0.15, -0.1) is 11.3 Å². The van der Waals surface area contributed by atoms with E-state index in [-0.39, 0.29) is 11.0 Å². The molecule has 0 atom stereocenters. The first-order valence-corrected chi connectivity index (χ1v) is 8.61. The predicted octanol–water partition coefficient (Wildman–Crippen LogP) is 3.06. The summed E-state index contributed by atoms with van der Waals surface area (Å²) >= 11 is 9.84. The van der Waals surface area contributed by atoms with Gasteiger partial charge in [0.05, 0.1) is 12.2 Å². The standard InChI is InChI=1S/C14H14BrN3O3S2/c1-20-5-6-21-11-3-2-9(15)8-10(11)12(19)17-13(22)18-14-16-4-7-23-14/h2-4,7-8H,5-6H2,1H3,(H2,16,17,18,19,22). The predicted molar refractivity (Wildman–Crippen MR) is 97.3 cm³/mol. The van der Waals surface area contributed by atoms with Crippen LogP contribution in [0.5, 0.6) is 5.75 Å². The molecule has 0 aliphatic carbocycles. The number of carbonyl (C=O) groups is 1. The van der Waals surface area contributed by atoms with Crippen LogP contribution in [-0.2, 0) is 4.74 Å². The maximum atomic E-state index is 12.4. The lowest BCUT2D eigenvalue weighted by atomic mass is 10.2. The molecule has 23 heavy (non-hydrogen) atoms. The zero-order chi connectivity index (χ0) is 16.7. The molecule has 2 rings (SSSR count). The molecule has 1 amide bonds. The second kappa shape index (κ2) is 8.92. The van der Waals surface area contributed by atoms with Gasteiger partial charge in [0.15, 0.2) is 10.2 Å². The molecule has 2 aromatic rings. The summed E-state index contributed by atoms with van der Waals surface area (Å²) in [6.45, 7) is 0.779. The van der Waals surface area contributed by atoms with Gasteiger partial charge in [0.25, 0.3) is 5.91 Å². The van der Waals surface area contributed by atoms with E-state index in [1.165, 1.54) is 11.3 Å². The number of amides is 1. The Hall–Kier alpha value is -1.55. The minimum absolute atomic E-state index is 0.174. The zero-order valence-electron chi connectivity index (χ0n) is 12.2. The van der Waals surface area contributed by atoms with Crippen LogP contribution in [0.1, 0.15) is 10.4 Å². The zero-order valence-corrected chi connectivity index (χ0v) is 15.4. The maximum Gasteiger partial charge on any atom is 0.261 e. The smallest absolute Gasteiger partial charge is 0.261 e. The third kappa shape index (κ3) is 5.54. The van der Waals surface area contributed by atoms with E-state index in [1.807, 2.05) is 5.38 Å². The molecule has 122 valence electrons. The highest BCUT2D eigenvalue weighted by molar-refractivity contribution is 9.10. The van der Waals surface area contributed by atoms with Crippen molar-refractivity contribution in [3.05, 3.63) is 39.8 Å². The van der Waals surface area contributed by atoms with Crippen LogP contribution in [0.15, 0.2) is 34.2 Å². The number of nitrogens with one attached hydrogen (secondary N) is 2. The highest BCUT2D eigenvalue weighted by Crippen LogP contribution is 2.23. The summed E-state index contributed by atoms with van der Waals surface area (Å²) in [5.74, 6) is 0.0903. The topological polar surface area (TPSA) is 72.5 Å². The minimum Gasteiger partial charge on any atom is -0.490 e. The van der Waals surface area contributed by atoms with E-state index in [1.54, 1.807) is 31.5 Å². The number of carbonyl (C=O) groups excluding carboxylic acids is 1. The minimum atomic E-state index is -0.368. The van der Waals surface area contributed by atoms with Crippen LogP contribution in [0.3, 0.4) is 0 Å². The summed E-state index contributed by atoms with van der Waals surface area (Å²) in [6.07, 6.45) is 1.65. The van der Waals surface area contributed by atoms with Gasteiger partial charge in [-0.05, 0) is 30.4 Å². The Morgan fingerprint density at radius 1 is 1.43 bits per heavy atom. The van der Waals surface area contributed by atoms with Gasteiger partial charge in [-0.25, -0.2) is 4.98 Å². The first-order chi connectivity index (χ1) is 11.1. The SMILES string of the molecule is COCCOc1ccc(Br)cc1C(=O)NC(=S)Nc1nccs1. The number of rotatable bonds is 6. The molecule has 0 radical (unpaired) electrons. The van der Waals surface area contributed by atoms with Crippen LogP contribution in [0.25, 0.3) is 0 Å². The number of methoxy groups -OCH3 is 1. The monoisotopic (exact) mass is 415 g/mol. The Morgan fingerprint density at radius 3 is 2.96 bits per heavy atom. The quantitative estimate of drug-likeness (QED) is 0.557. The van der Waals surface area contributed by atoms with Crippen LogP contribution >= 0.6 is 39.5 Å². The van der Waals surface area contributed by atoms with Crippen LogP contribution in [0.2, 0.25) is 0 Å². The Morgan fingerprint density at radius 2 is 2.26 bits per heavy atom. The van der Waals surface area contributed by atoms with E-state index >= 15 is 0 Å². The van der Waals surface area contributed by atoms with Crippen molar-refractivity contribution in [2.45, 2.75) is 0 Å². The largest absolute Gasteiger partial charge is 0.490 e. The van der Waals surface area contributed by atoms with Crippen LogP contribution < -0.4 is 15.4 Å². The second-order valence-corrected chi connectivity index (χ2v) is 6.45. The highest BCUT2D eigenvalue weighted by atomic mass is 79.9. The molecule has 0 unspecified atom stereocenters. The number of anilines is 1. The van der Waals surface area contributed by atoms with E-state index < -0.39 is 0 Å². The van der Waals surface area contributed by atoms with E-state index in [9.17, 15) is 4.79 Å². The van der Waals surface area contributed by atoms with Gasteiger partial charge in [-0.3, -0.25) is 10.1 Å². The molecule has 0 saturated carbocycles. The maximum absolute atomic E-state index is 12.4. The number of thiazole rings is 1. The van der Waals surface area contributed by atoms with Gasteiger partial charge in [0.2, 0.25) is 0 Å². The third-order valence-electron chi connectivity index (χ3n) is 2.61. The summed E-state index contributed by atoms with van der Waals surface area (Å²) in [5, 5.41) is 8.05. The van der Waals surface area contributed by atoms with Gasteiger partial charge in [0.1, 0.15) is 12.4 Å². The summed E-state index contributed by atoms with van der Waals surface area (Å²) in [5.41, 5.74) is 0.374. The van der Waals surface area contributed by atoms with Crippen molar-refractivity contribution in [1.29, 1.82) is 0 Å². The van der Waals surface area contributed by atoms with Crippen LogP contribution in [0.4, 0.5) is 5.13 Å². The summed E-state index contributed by atoms with van der Waals surface area (Å²) in [4.78, 5) is 16.4. The van der Waals surface area contributed by atoms with E-state index in [4.69, 9.17) is 21.7 Å². The normalized spacial score (nSPS) is 10.2. The molecule has 1 aromatic heterocycles. The lowest BCUT2D eigenvalue weighted by Crippen LogP contribution is -2.34. The average Bonchev–Trinajstić information content (AvgIpc) is 3.01. The van der Waals surface area contributed by atoms with E-state index in [0.29, 0.717) is 29.7 Å². The molecule has 2 N–H and O–H groups in total. The van der Waals surface area contributed by atoms with Crippen molar-refractivity contribution >= 4 is 55.6 Å². The first kappa shape index (κ1) is 17.8. The molecule has 0 aliphatic rings. The Labute approximate surface area is 151 Å². The number of aromatic nitrogens is 1. The number of hydrogen-bond donors (Lipinski definition) is 2. The Bertz CT molecular complexity index is 680. The second-order valence-electron chi connectivity index (χ2n) is 4.23. The molecular formula is C14H14BrN3O3S2. The number of nitrogens with zero attached hydrogens (tertiary/aromatic N) is 1. The van der Waals surface area contributed by atoms with Crippen molar-refractivity contribution < 1.29 is 14.3 Å². The molecule has 0 spiro atoms.